The van der Waals surface area contributed by atoms with Crippen LogP contribution in [0.4, 0.5) is 10.5 Å². The Kier molecular flexibility index (Phi) is 9.07. The lowest BCUT2D eigenvalue weighted by molar-refractivity contribution is -0.126. The Morgan fingerprint density at radius 1 is 0.977 bits per heavy atom. The van der Waals surface area contributed by atoms with E-state index in [-0.39, 0.29) is 31.1 Å². The van der Waals surface area contributed by atoms with Crippen molar-refractivity contribution >= 4 is 38.6 Å². The van der Waals surface area contributed by atoms with Crippen molar-refractivity contribution in [3.8, 4) is 11.5 Å². The monoisotopic (exact) mass is 603 g/mol. The summed E-state index contributed by atoms with van der Waals surface area (Å²) in [7, 11) is -2.62. The molecule has 1 unspecified atom stereocenters. The summed E-state index contributed by atoms with van der Waals surface area (Å²) in [6.45, 7) is 2.41. The normalized spacial score (nSPS) is 15.6. The van der Waals surface area contributed by atoms with E-state index < -0.39 is 28.0 Å². The first-order chi connectivity index (χ1) is 20.8. The van der Waals surface area contributed by atoms with Gasteiger partial charge in [-0.25, -0.2) is 13.2 Å². The van der Waals surface area contributed by atoms with Crippen LogP contribution in [0.15, 0.2) is 90.0 Å². The lowest BCUT2D eigenvalue weighted by Crippen LogP contribution is -2.61. The second-order valence-electron chi connectivity index (χ2n) is 9.87. The van der Waals surface area contributed by atoms with Crippen molar-refractivity contribution in [1.82, 2.24) is 19.5 Å². The van der Waals surface area contributed by atoms with Gasteiger partial charge in [0.1, 0.15) is 22.4 Å². The van der Waals surface area contributed by atoms with E-state index in [9.17, 15) is 18.0 Å². The molecule has 0 saturated carbocycles. The van der Waals surface area contributed by atoms with Gasteiger partial charge in [0.25, 0.3) is 0 Å². The lowest BCUT2D eigenvalue weighted by atomic mass is 10.1. The highest BCUT2D eigenvalue weighted by molar-refractivity contribution is 7.89. The van der Waals surface area contributed by atoms with E-state index in [2.05, 4.69) is 15.6 Å². The zero-order chi connectivity index (χ0) is 30.4. The number of para-hydroxylation sites is 1. The Hall–Kier alpha value is -4.68. The summed E-state index contributed by atoms with van der Waals surface area (Å²) >= 11 is 0. The van der Waals surface area contributed by atoms with E-state index in [4.69, 9.17) is 9.47 Å². The largest absolute Gasteiger partial charge is 0.497 e. The summed E-state index contributed by atoms with van der Waals surface area (Å²) in [5.74, 6) is 0.780. The molecule has 5 rings (SSSR count). The van der Waals surface area contributed by atoms with Gasteiger partial charge in [0.15, 0.2) is 0 Å². The first kappa shape index (κ1) is 29.8. The first-order valence-electron chi connectivity index (χ1n) is 13.8. The molecule has 0 bridgehead atoms. The number of nitrogens with one attached hydrogen (secondary N) is 2. The van der Waals surface area contributed by atoms with Gasteiger partial charge in [-0.3, -0.25) is 9.78 Å². The number of rotatable bonds is 9. The molecule has 1 aromatic heterocycles. The van der Waals surface area contributed by atoms with Crippen LogP contribution in [0, 0.1) is 0 Å². The number of ether oxygens (including phenoxy) is 2. The molecule has 0 radical (unpaired) electrons. The highest BCUT2D eigenvalue weighted by Crippen LogP contribution is 2.28. The van der Waals surface area contributed by atoms with Crippen LogP contribution in [0.3, 0.4) is 0 Å². The maximum atomic E-state index is 14.1. The fraction of sp³-hybridized carbons (Fsp3) is 0.258. The van der Waals surface area contributed by atoms with Gasteiger partial charge in [-0.2, -0.15) is 4.31 Å². The highest BCUT2D eigenvalue weighted by atomic mass is 32.2. The van der Waals surface area contributed by atoms with E-state index in [0.29, 0.717) is 34.7 Å². The fourth-order valence-electron chi connectivity index (χ4n) is 4.96. The zero-order valence-corrected chi connectivity index (χ0v) is 24.7. The third-order valence-corrected chi connectivity index (χ3v) is 9.06. The van der Waals surface area contributed by atoms with E-state index >= 15 is 0 Å². The Labute approximate surface area is 250 Å². The number of carbonyl (C=O) groups is 2. The average Bonchev–Trinajstić information content (AvgIpc) is 3.04. The predicted octanol–water partition coefficient (Wildman–Crippen LogP) is 3.87. The number of nitrogens with zero attached hydrogens (tertiary/aromatic N) is 3. The van der Waals surface area contributed by atoms with E-state index in [1.54, 1.807) is 73.8 Å². The number of piperazine rings is 1. The number of carbonyl (C=O) groups excluding carboxylic acids is 2. The second-order valence-corrected chi connectivity index (χ2v) is 11.7. The molecule has 1 saturated heterocycles. The molecule has 43 heavy (non-hydrogen) atoms. The molecule has 2 N–H and O–H groups in total. The molecule has 1 fully saturated rings. The van der Waals surface area contributed by atoms with Crippen molar-refractivity contribution in [1.29, 1.82) is 0 Å². The maximum Gasteiger partial charge on any atom is 0.321 e. The number of methoxy groups -OCH3 is 1. The molecule has 2 heterocycles. The van der Waals surface area contributed by atoms with Crippen LogP contribution in [-0.4, -0.2) is 73.9 Å². The van der Waals surface area contributed by atoms with Crippen LogP contribution in [-0.2, 0) is 21.4 Å². The van der Waals surface area contributed by atoms with Crippen molar-refractivity contribution in [3.05, 3.63) is 90.6 Å². The van der Waals surface area contributed by atoms with Gasteiger partial charge in [-0.1, -0.05) is 30.3 Å². The van der Waals surface area contributed by atoms with Crippen molar-refractivity contribution < 1.29 is 27.5 Å². The van der Waals surface area contributed by atoms with Crippen molar-refractivity contribution in [2.24, 2.45) is 0 Å². The number of pyridine rings is 1. The van der Waals surface area contributed by atoms with Gasteiger partial charge in [0, 0.05) is 43.4 Å². The molecule has 3 amide bonds. The van der Waals surface area contributed by atoms with Gasteiger partial charge in [0.05, 0.1) is 19.2 Å². The Balaban J connectivity index is 1.40. The number of aromatic nitrogens is 1. The number of hydrogen-bond acceptors (Lipinski definition) is 7. The van der Waals surface area contributed by atoms with Gasteiger partial charge >= 0.3 is 6.03 Å². The number of urea groups is 1. The minimum Gasteiger partial charge on any atom is -0.497 e. The van der Waals surface area contributed by atoms with Crippen LogP contribution in [0.1, 0.15) is 12.5 Å². The quantitative estimate of drug-likeness (QED) is 0.297. The molecular formula is C31H33N5O6S. The van der Waals surface area contributed by atoms with E-state index in [1.165, 1.54) is 17.2 Å². The minimum absolute atomic E-state index is 0.00323. The molecule has 12 heteroatoms. The Bertz CT molecular complexity index is 1710. The number of benzene rings is 3. The van der Waals surface area contributed by atoms with Gasteiger partial charge < -0.3 is 25.0 Å². The molecule has 4 aromatic rings. The number of fused-ring (bicyclic) bond motifs is 1. The minimum atomic E-state index is -4.18. The van der Waals surface area contributed by atoms with Crippen LogP contribution in [0.2, 0.25) is 0 Å². The molecule has 0 spiro atoms. The van der Waals surface area contributed by atoms with Crippen LogP contribution in [0.5, 0.6) is 11.5 Å². The smallest absolute Gasteiger partial charge is 0.321 e. The fourth-order valence-corrected chi connectivity index (χ4v) is 6.69. The van der Waals surface area contributed by atoms with Gasteiger partial charge in [-0.05, 0) is 61.0 Å². The van der Waals surface area contributed by atoms with E-state index in [0.717, 1.165) is 9.87 Å². The van der Waals surface area contributed by atoms with Crippen molar-refractivity contribution in [2.45, 2.75) is 24.4 Å². The number of anilines is 1. The average molecular weight is 604 g/mol. The van der Waals surface area contributed by atoms with Crippen molar-refractivity contribution in [2.75, 3.05) is 38.7 Å². The van der Waals surface area contributed by atoms with Crippen LogP contribution < -0.4 is 20.1 Å². The zero-order valence-electron chi connectivity index (χ0n) is 23.9. The summed E-state index contributed by atoms with van der Waals surface area (Å²) in [5.41, 5.74) is 1.64. The first-order valence-corrected chi connectivity index (χ1v) is 15.3. The van der Waals surface area contributed by atoms with Crippen molar-refractivity contribution in [3.63, 3.8) is 0 Å². The molecule has 224 valence electrons. The molecular weight excluding hydrogens is 570 g/mol. The maximum absolute atomic E-state index is 14.1. The molecule has 0 aliphatic carbocycles. The van der Waals surface area contributed by atoms with Crippen LogP contribution >= 0.6 is 0 Å². The summed E-state index contributed by atoms with van der Waals surface area (Å²) in [6, 6.07) is 20.9. The topological polar surface area (TPSA) is 130 Å². The molecule has 3 aromatic carbocycles. The summed E-state index contributed by atoms with van der Waals surface area (Å²) in [6.07, 6.45) is 1.53. The summed E-state index contributed by atoms with van der Waals surface area (Å²) < 4.78 is 40.1. The lowest BCUT2D eigenvalue weighted by Gasteiger charge is -2.39. The number of hydrogen-bond donors (Lipinski definition) is 2. The molecule has 1 aliphatic rings. The number of amides is 3. The standard InChI is InChI=1S/C31H33N5O6S/c1-3-42-25-14-12-24(13-15-25)34-31(38)35-17-18-36(43(39,40)28-11-5-8-23-9-6-16-32-29(23)28)27(21-35)30(37)33-20-22-7-4-10-26(19-22)41-2/h4-16,19,27H,3,17-18,20-21H2,1-2H3,(H,33,37)(H,34,38). The highest BCUT2D eigenvalue weighted by Gasteiger charge is 2.42. The van der Waals surface area contributed by atoms with Gasteiger partial charge in [-0.15, -0.1) is 0 Å². The number of sulfonamides is 1. The van der Waals surface area contributed by atoms with Crippen LogP contribution in [0.25, 0.3) is 10.9 Å². The molecule has 1 aliphatic heterocycles. The Morgan fingerprint density at radius 3 is 2.51 bits per heavy atom. The predicted molar refractivity (Wildman–Crippen MR) is 162 cm³/mol. The second kappa shape index (κ2) is 13.1. The van der Waals surface area contributed by atoms with E-state index in [1.807, 2.05) is 13.0 Å². The SMILES string of the molecule is CCOc1ccc(NC(=O)N2CCN(S(=O)(=O)c3cccc4cccnc34)C(C(=O)NCc3cccc(OC)c3)C2)cc1. The summed E-state index contributed by atoms with van der Waals surface area (Å²) in [4.78, 5) is 32.7. The third kappa shape index (κ3) is 6.71. The molecule has 1 atom stereocenters. The molecule has 11 nitrogen and oxygen atoms in total. The summed E-state index contributed by atoms with van der Waals surface area (Å²) in [5, 5.41) is 6.34. The van der Waals surface area contributed by atoms with Gasteiger partial charge in [0.2, 0.25) is 15.9 Å². The Morgan fingerprint density at radius 2 is 1.74 bits per heavy atom. The third-order valence-electron chi connectivity index (χ3n) is 7.12.